The van der Waals surface area contributed by atoms with Crippen LogP contribution in [0, 0.1) is 0 Å². The SMILES string of the molecule is CCS(=O)(=O)NCCNC(=NC)NC1CC(C)N(Cc2ccccc2)C1. The summed E-state index contributed by atoms with van der Waals surface area (Å²) in [4.78, 5) is 6.71. The van der Waals surface area contributed by atoms with Crippen molar-refractivity contribution < 1.29 is 8.42 Å². The molecule has 0 saturated carbocycles. The van der Waals surface area contributed by atoms with Crippen LogP contribution in [0.4, 0.5) is 0 Å². The maximum atomic E-state index is 11.4. The van der Waals surface area contributed by atoms with E-state index in [1.54, 1.807) is 14.0 Å². The number of nitrogens with one attached hydrogen (secondary N) is 3. The van der Waals surface area contributed by atoms with Gasteiger partial charge in [0.05, 0.1) is 5.75 Å². The molecule has 26 heavy (non-hydrogen) atoms. The second kappa shape index (κ2) is 9.89. The van der Waals surface area contributed by atoms with E-state index in [0.29, 0.717) is 31.1 Å². The van der Waals surface area contributed by atoms with E-state index in [9.17, 15) is 8.42 Å². The minimum absolute atomic E-state index is 0.0944. The minimum atomic E-state index is -3.15. The largest absolute Gasteiger partial charge is 0.355 e. The molecule has 1 aliphatic heterocycles. The van der Waals surface area contributed by atoms with Crippen molar-refractivity contribution >= 4 is 16.0 Å². The highest BCUT2D eigenvalue weighted by molar-refractivity contribution is 7.89. The van der Waals surface area contributed by atoms with E-state index in [1.165, 1.54) is 5.56 Å². The zero-order valence-electron chi connectivity index (χ0n) is 15.9. The lowest BCUT2D eigenvalue weighted by atomic mass is 10.2. The molecule has 2 atom stereocenters. The molecule has 1 saturated heterocycles. The van der Waals surface area contributed by atoms with Gasteiger partial charge in [0.2, 0.25) is 10.0 Å². The molecule has 0 bridgehead atoms. The molecule has 7 nitrogen and oxygen atoms in total. The zero-order chi connectivity index (χ0) is 19.0. The first-order valence-corrected chi connectivity index (χ1v) is 10.8. The number of likely N-dealkylation sites (tertiary alicyclic amines) is 1. The second-order valence-corrected chi connectivity index (χ2v) is 8.73. The fourth-order valence-electron chi connectivity index (χ4n) is 3.12. The van der Waals surface area contributed by atoms with E-state index in [0.717, 1.165) is 19.5 Å². The first kappa shape index (κ1) is 20.7. The third-order valence-electron chi connectivity index (χ3n) is 4.62. The standard InChI is InChI=1S/C18H31N5O2S/c1-4-26(24,25)21-11-10-20-18(19-3)22-17-12-15(2)23(14-17)13-16-8-6-5-7-9-16/h5-9,15,17,21H,4,10-14H2,1-3H3,(H2,19,20,22). The van der Waals surface area contributed by atoms with Crippen LogP contribution in [0.5, 0.6) is 0 Å². The molecule has 0 aromatic heterocycles. The molecule has 146 valence electrons. The van der Waals surface area contributed by atoms with Gasteiger partial charge in [-0.3, -0.25) is 9.89 Å². The summed E-state index contributed by atoms with van der Waals surface area (Å²) in [6.45, 7) is 6.62. The Morgan fingerprint density at radius 2 is 2.00 bits per heavy atom. The van der Waals surface area contributed by atoms with E-state index in [1.807, 2.05) is 6.07 Å². The van der Waals surface area contributed by atoms with Gasteiger partial charge in [-0.05, 0) is 25.8 Å². The van der Waals surface area contributed by atoms with Crippen molar-refractivity contribution in [3.05, 3.63) is 35.9 Å². The van der Waals surface area contributed by atoms with Crippen LogP contribution < -0.4 is 15.4 Å². The van der Waals surface area contributed by atoms with Crippen LogP contribution in [-0.2, 0) is 16.6 Å². The Morgan fingerprint density at radius 3 is 2.65 bits per heavy atom. The summed E-state index contributed by atoms with van der Waals surface area (Å²) in [6, 6.07) is 11.3. The molecule has 1 fully saturated rings. The van der Waals surface area contributed by atoms with Crippen LogP contribution in [0.1, 0.15) is 25.8 Å². The topological polar surface area (TPSA) is 85.8 Å². The van der Waals surface area contributed by atoms with Gasteiger partial charge in [-0.25, -0.2) is 13.1 Å². The average molecular weight is 382 g/mol. The summed E-state index contributed by atoms with van der Waals surface area (Å²) >= 11 is 0. The van der Waals surface area contributed by atoms with Crippen LogP contribution in [0.25, 0.3) is 0 Å². The second-order valence-electron chi connectivity index (χ2n) is 6.64. The molecule has 0 aliphatic carbocycles. The van der Waals surface area contributed by atoms with Gasteiger partial charge in [-0.2, -0.15) is 0 Å². The van der Waals surface area contributed by atoms with Crippen LogP contribution in [0.15, 0.2) is 35.3 Å². The molecular formula is C18H31N5O2S. The van der Waals surface area contributed by atoms with Crippen molar-refractivity contribution in [2.45, 2.75) is 38.9 Å². The van der Waals surface area contributed by atoms with Crippen LogP contribution >= 0.6 is 0 Å². The molecule has 3 N–H and O–H groups in total. The van der Waals surface area contributed by atoms with Gasteiger partial charge in [-0.1, -0.05) is 30.3 Å². The summed E-state index contributed by atoms with van der Waals surface area (Å²) in [5.41, 5.74) is 1.32. The maximum absolute atomic E-state index is 11.4. The molecule has 8 heteroatoms. The number of nitrogens with zero attached hydrogens (tertiary/aromatic N) is 2. The van der Waals surface area contributed by atoms with Crippen molar-refractivity contribution in [1.29, 1.82) is 0 Å². The first-order valence-electron chi connectivity index (χ1n) is 9.16. The molecule has 2 unspecified atom stereocenters. The Hall–Kier alpha value is -1.64. The lowest BCUT2D eigenvalue weighted by Gasteiger charge is -2.21. The molecule has 0 radical (unpaired) electrons. The van der Waals surface area contributed by atoms with Crippen molar-refractivity contribution in [2.24, 2.45) is 4.99 Å². The third kappa shape index (κ3) is 6.59. The summed E-state index contributed by atoms with van der Waals surface area (Å²) in [6.07, 6.45) is 1.05. The van der Waals surface area contributed by atoms with Gasteiger partial charge in [0.15, 0.2) is 5.96 Å². The fraction of sp³-hybridized carbons (Fsp3) is 0.611. The molecule has 1 aromatic carbocycles. The Bertz CT molecular complexity index is 678. The molecule has 0 spiro atoms. The molecule has 2 rings (SSSR count). The van der Waals surface area contributed by atoms with Crippen molar-refractivity contribution in [1.82, 2.24) is 20.3 Å². The first-order chi connectivity index (χ1) is 12.4. The van der Waals surface area contributed by atoms with E-state index >= 15 is 0 Å². The Balaban J connectivity index is 1.76. The van der Waals surface area contributed by atoms with E-state index in [2.05, 4.69) is 56.4 Å². The maximum Gasteiger partial charge on any atom is 0.211 e. The number of aliphatic imine (C=N–C) groups is 1. The number of sulfonamides is 1. The zero-order valence-corrected chi connectivity index (χ0v) is 16.7. The Kier molecular flexibility index (Phi) is 7.86. The van der Waals surface area contributed by atoms with E-state index < -0.39 is 10.0 Å². The summed E-state index contributed by atoms with van der Waals surface area (Å²) < 4.78 is 25.4. The molecule has 1 heterocycles. The molecular weight excluding hydrogens is 350 g/mol. The highest BCUT2D eigenvalue weighted by atomic mass is 32.2. The van der Waals surface area contributed by atoms with Gasteiger partial charge < -0.3 is 10.6 Å². The highest BCUT2D eigenvalue weighted by Gasteiger charge is 2.29. The van der Waals surface area contributed by atoms with Crippen LogP contribution in [-0.4, -0.2) is 63.8 Å². The average Bonchev–Trinajstić information content (AvgIpc) is 2.97. The van der Waals surface area contributed by atoms with E-state index in [-0.39, 0.29) is 5.75 Å². The fourth-order valence-corrected chi connectivity index (χ4v) is 3.74. The number of rotatable bonds is 8. The number of benzene rings is 1. The summed E-state index contributed by atoms with van der Waals surface area (Å²) in [5, 5.41) is 6.61. The van der Waals surface area contributed by atoms with Crippen LogP contribution in [0.2, 0.25) is 0 Å². The number of hydrogen-bond donors (Lipinski definition) is 3. The quantitative estimate of drug-likeness (QED) is 0.352. The van der Waals surface area contributed by atoms with Gasteiger partial charge in [0.25, 0.3) is 0 Å². The minimum Gasteiger partial charge on any atom is -0.355 e. The van der Waals surface area contributed by atoms with Crippen molar-refractivity contribution in [3.8, 4) is 0 Å². The molecule has 1 aliphatic rings. The van der Waals surface area contributed by atoms with E-state index in [4.69, 9.17) is 0 Å². The van der Waals surface area contributed by atoms with Gasteiger partial charge >= 0.3 is 0 Å². The summed E-state index contributed by atoms with van der Waals surface area (Å²) in [5.74, 6) is 0.802. The monoisotopic (exact) mass is 381 g/mol. The van der Waals surface area contributed by atoms with Crippen molar-refractivity contribution in [2.75, 3.05) is 32.4 Å². The highest BCUT2D eigenvalue weighted by Crippen LogP contribution is 2.20. The normalized spacial score (nSPS) is 21.7. The predicted molar refractivity (Wildman–Crippen MR) is 107 cm³/mol. The number of hydrogen-bond acceptors (Lipinski definition) is 4. The smallest absolute Gasteiger partial charge is 0.211 e. The van der Waals surface area contributed by atoms with Gasteiger partial charge in [0, 0.05) is 45.3 Å². The lowest BCUT2D eigenvalue weighted by Crippen LogP contribution is -2.46. The van der Waals surface area contributed by atoms with Gasteiger partial charge in [-0.15, -0.1) is 0 Å². The number of guanidine groups is 1. The van der Waals surface area contributed by atoms with Gasteiger partial charge in [0.1, 0.15) is 0 Å². The summed E-state index contributed by atoms with van der Waals surface area (Å²) in [7, 11) is -1.42. The Morgan fingerprint density at radius 1 is 1.27 bits per heavy atom. The third-order valence-corrected chi connectivity index (χ3v) is 6.02. The Labute approximate surface area is 157 Å². The molecule has 0 amide bonds. The lowest BCUT2D eigenvalue weighted by molar-refractivity contribution is 0.258. The molecule has 1 aromatic rings. The predicted octanol–water partition coefficient (Wildman–Crippen LogP) is 0.754. The van der Waals surface area contributed by atoms with Crippen molar-refractivity contribution in [3.63, 3.8) is 0 Å². The van der Waals surface area contributed by atoms with Crippen LogP contribution in [0.3, 0.4) is 0 Å².